The van der Waals surface area contributed by atoms with Gasteiger partial charge in [0.2, 0.25) is 0 Å². The zero-order valence-corrected chi connectivity index (χ0v) is 13.3. The van der Waals surface area contributed by atoms with Gasteiger partial charge in [-0.25, -0.2) is 0 Å². The molecule has 19 heavy (non-hydrogen) atoms. The molecule has 0 amide bonds. The van der Waals surface area contributed by atoms with Crippen molar-refractivity contribution < 1.29 is 13.0 Å². The summed E-state index contributed by atoms with van der Waals surface area (Å²) in [6.07, 6.45) is 3.46. The number of benzene rings is 2. The number of rotatable bonds is 3. The molecule has 2 rings (SSSR count). The predicted octanol–water partition coefficient (Wildman–Crippen LogP) is 2.72. The van der Waals surface area contributed by atoms with Gasteiger partial charge in [0.15, 0.2) is 0 Å². The third kappa shape index (κ3) is 4.60. The van der Waals surface area contributed by atoms with Gasteiger partial charge in [0.05, 0.1) is 0 Å². The van der Waals surface area contributed by atoms with Gasteiger partial charge in [-0.15, -0.1) is 0 Å². The molecule has 3 nitrogen and oxygen atoms in total. The molecule has 1 N–H and O–H groups in total. The summed E-state index contributed by atoms with van der Waals surface area (Å²) in [5.41, 5.74) is 1.42. The van der Waals surface area contributed by atoms with E-state index < -0.39 is 10.1 Å². The zero-order chi connectivity index (χ0) is 13.0. The molecule has 0 saturated heterocycles. The van der Waals surface area contributed by atoms with E-state index in [2.05, 4.69) is 0 Å². The van der Waals surface area contributed by atoms with Crippen molar-refractivity contribution in [3.8, 4) is 0 Å². The summed E-state index contributed by atoms with van der Waals surface area (Å²) in [6.45, 7) is 0. The van der Waals surface area contributed by atoms with Crippen LogP contribution in [0.3, 0.4) is 0 Å². The maximum Gasteiger partial charge on any atom is 0.295 e. The largest absolute Gasteiger partial charge is 0.295 e. The minimum Gasteiger partial charge on any atom is -0.282 e. The van der Waals surface area contributed by atoms with E-state index in [1.807, 2.05) is 30.3 Å². The van der Waals surface area contributed by atoms with E-state index in [9.17, 15) is 8.42 Å². The Hall–Kier alpha value is -0.910. The quantitative estimate of drug-likeness (QED) is 0.535. The Morgan fingerprint density at radius 1 is 0.842 bits per heavy atom. The van der Waals surface area contributed by atoms with Gasteiger partial charge in [0.25, 0.3) is 10.1 Å². The Bertz CT molecular complexity index is 664. The van der Waals surface area contributed by atoms with Crippen molar-refractivity contribution in [3.63, 3.8) is 0 Å². The van der Waals surface area contributed by atoms with E-state index in [1.54, 1.807) is 30.4 Å². The second-order valence-corrected chi connectivity index (χ2v) is 5.15. The average molecular weight is 283 g/mol. The van der Waals surface area contributed by atoms with Crippen LogP contribution in [0.1, 0.15) is 11.1 Å². The fourth-order valence-electron chi connectivity index (χ4n) is 1.60. The molecule has 2 aromatic rings. The van der Waals surface area contributed by atoms with Crippen LogP contribution in [0, 0.1) is 0 Å². The fraction of sp³-hybridized carbons (Fsp3) is 0. The van der Waals surface area contributed by atoms with E-state index in [4.69, 9.17) is 4.55 Å². The molecule has 0 heterocycles. The van der Waals surface area contributed by atoms with Crippen molar-refractivity contribution in [1.82, 2.24) is 0 Å². The molecular weight excluding hydrogens is 271 g/mol. The second-order valence-electron chi connectivity index (χ2n) is 3.76. The van der Waals surface area contributed by atoms with Crippen molar-refractivity contribution in [2.45, 2.75) is 4.90 Å². The van der Waals surface area contributed by atoms with Crippen LogP contribution >= 0.6 is 0 Å². The summed E-state index contributed by atoms with van der Waals surface area (Å²) in [7, 11) is -4.19. The third-order valence-electron chi connectivity index (χ3n) is 2.45. The first kappa shape index (κ1) is 16.1. The first-order valence-corrected chi connectivity index (χ1v) is 6.81. The molecular formula is C14H12NaO3S. The second kappa shape index (κ2) is 7.03. The summed E-state index contributed by atoms with van der Waals surface area (Å²) >= 11 is 0. The first-order valence-electron chi connectivity index (χ1n) is 5.37. The number of hydrogen-bond acceptors (Lipinski definition) is 2. The maximum absolute atomic E-state index is 11.2. The van der Waals surface area contributed by atoms with Crippen molar-refractivity contribution in [2.75, 3.05) is 0 Å². The van der Waals surface area contributed by atoms with Gasteiger partial charge in [-0.1, -0.05) is 60.7 Å². The molecule has 0 aliphatic heterocycles. The molecule has 1 radical (unpaired) electrons. The predicted molar refractivity (Wildman–Crippen MR) is 77.4 cm³/mol. The van der Waals surface area contributed by atoms with E-state index >= 15 is 0 Å². The van der Waals surface area contributed by atoms with E-state index in [0.29, 0.717) is 5.56 Å². The minimum atomic E-state index is -4.19. The van der Waals surface area contributed by atoms with E-state index in [1.165, 1.54) is 6.07 Å². The smallest absolute Gasteiger partial charge is 0.282 e. The van der Waals surface area contributed by atoms with Crippen LogP contribution in [0.25, 0.3) is 12.2 Å². The van der Waals surface area contributed by atoms with Gasteiger partial charge in [-0.05, 0) is 17.2 Å². The van der Waals surface area contributed by atoms with Crippen LogP contribution in [0.15, 0.2) is 59.5 Å². The molecule has 5 heteroatoms. The Morgan fingerprint density at radius 2 is 1.42 bits per heavy atom. The monoisotopic (exact) mass is 283 g/mol. The molecule has 0 aromatic heterocycles. The number of hydrogen-bond donors (Lipinski definition) is 1. The van der Waals surface area contributed by atoms with Crippen molar-refractivity contribution in [1.29, 1.82) is 0 Å². The van der Waals surface area contributed by atoms with Crippen LogP contribution in [-0.4, -0.2) is 42.5 Å². The average Bonchev–Trinajstić information content (AvgIpc) is 2.37. The van der Waals surface area contributed by atoms with Gasteiger partial charge in [0, 0.05) is 29.6 Å². The third-order valence-corrected chi connectivity index (χ3v) is 3.38. The van der Waals surface area contributed by atoms with Gasteiger partial charge >= 0.3 is 0 Å². The van der Waals surface area contributed by atoms with Crippen LogP contribution in [0.4, 0.5) is 0 Å². The van der Waals surface area contributed by atoms with E-state index in [-0.39, 0.29) is 34.5 Å². The summed E-state index contributed by atoms with van der Waals surface area (Å²) < 4.78 is 31.5. The van der Waals surface area contributed by atoms with Crippen LogP contribution in [0.5, 0.6) is 0 Å². The SMILES string of the molecule is O=S(=O)(O)c1ccccc1C=Cc1ccccc1.[Na]. The van der Waals surface area contributed by atoms with Crippen LogP contribution in [-0.2, 0) is 10.1 Å². The topological polar surface area (TPSA) is 54.4 Å². The fourth-order valence-corrected chi connectivity index (χ4v) is 2.29. The Morgan fingerprint density at radius 3 is 2.05 bits per heavy atom. The molecule has 0 fully saturated rings. The summed E-state index contributed by atoms with van der Waals surface area (Å²) in [5.74, 6) is 0. The normalized spacial score (nSPS) is 11.2. The molecule has 0 atom stereocenters. The molecule has 0 unspecified atom stereocenters. The minimum absolute atomic E-state index is 0. The van der Waals surface area contributed by atoms with E-state index in [0.717, 1.165) is 5.56 Å². The Balaban J connectivity index is 0.00000180. The van der Waals surface area contributed by atoms with Gasteiger partial charge < -0.3 is 0 Å². The molecule has 0 bridgehead atoms. The molecule has 0 saturated carbocycles. The van der Waals surface area contributed by atoms with Crippen LogP contribution < -0.4 is 0 Å². The van der Waals surface area contributed by atoms with Crippen molar-refractivity contribution in [3.05, 3.63) is 65.7 Å². The molecule has 2 aromatic carbocycles. The molecule has 0 aliphatic carbocycles. The van der Waals surface area contributed by atoms with Crippen molar-refractivity contribution >= 4 is 51.8 Å². The van der Waals surface area contributed by atoms with Crippen LogP contribution in [0.2, 0.25) is 0 Å². The summed E-state index contributed by atoms with van der Waals surface area (Å²) in [5, 5.41) is 0. The Labute approximate surface area is 135 Å². The first-order chi connectivity index (χ1) is 8.57. The van der Waals surface area contributed by atoms with Crippen molar-refractivity contribution in [2.24, 2.45) is 0 Å². The molecule has 0 spiro atoms. The summed E-state index contributed by atoms with van der Waals surface area (Å²) in [6, 6.07) is 15.8. The van der Waals surface area contributed by atoms with Gasteiger partial charge in [-0.2, -0.15) is 8.42 Å². The van der Waals surface area contributed by atoms with Gasteiger partial charge in [-0.3, -0.25) is 4.55 Å². The standard InChI is InChI=1S/C14H12O3S.Na/c15-18(16,17)14-9-5-4-8-13(14)11-10-12-6-2-1-3-7-12;/h1-11H,(H,15,16,17);. The van der Waals surface area contributed by atoms with Gasteiger partial charge in [0.1, 0.15) is 4.90 Å². The molecule has 93 valence electrons. The zero-order valence-electron chi connectivity index (χ0n) is 10.5. The maximum atomic E-state index is 11.2. The summed E-state index contributed by atoms with van der Waals surface area (Å²) in [4.78, 5) is -0.0859. The Kier molecular flexibility index (Phi) is 5.97. The molecule has 0 aliphatic rings.